The highest BCUT2D eigenvalue weighted by Gasteiger charge is 2.70. The Hall–Kier alpha value is -2.28. The number of aliphatic hydroxyl groups excluding tert-OH is 1. The molecule has 4 rings (SSSR count). The van der Waals surface area contributed by atoms with Gasteiger partial charge in [-0.25, -0.2) is 0 Å². The summed E-state index contributed by atoms with van der Waals surface area (Å²) >= 11 is 0. The molecule has 0 saturated heterocycles. The highest BCUT2D eigenvalue weighted by molar-refractivity contribution is 6.01. The molecule has 7 heteroatoms. The van der Waals surface area contributed by atoms with Crippen LogP contribution in [0.5, 0.6) is 0 Å². The number of rotatable bonds is 8. The van der Waals surface area contributed by atoms with Crippen molar-refractivity contribution < 1.29 is 33.8 Å². The summed E-state index contributed by atoms with van der Waals surface area (Å²) in [7, 11) is 0. The smallest absolute Gasteiger partial charge is 0.306 e. The third kappa shape index (κ3) is 4.41. The van der Waals surface area contributed by atoms with Gasteiger partial charge in [-0.2, -0.15) is 0 Å². The van der Waals surface area contributed by atoms with Crippen molar-refractivity contribution in [1.82, 2.24) is 0 Å². The highest BCUT2D eigenvalue weighted by Crippen LogP contribution is 2.68. The Morgan fingerprint density at radius 2 is 1.89 bits per heavy atom. The number of carbonyl (C=O) groups excluding carboxylic acids is 4. The minimum Gasteiger partial charge on any atom is -0.457 e. The van der Waals surface area contributed by atoms with E-state index in [2.05, 4.69) is 13.8 Å². The van der Waals surface area contributed by atoms with Crippen LogP contribution >= 0.6 is 0 Å². The van der Waals surface area contributed by atoms with Crippen molar-refractivity contribution in [3.05, 3.63) is 23.8 Å². The summed E-state index contributed by atoms with van der Waals surface area (Å²) in [5.74, 6) is -1.13. The number of Topliss-reactive ketones (excluding diaryl/α,β-unsaturated/α-hetero) is 1. The molecule has 8 atom stereocenters. The maximum atomic E-state index is 13.8. The average Bonchev–Trinajstić information content (AvgIpc) is 3.14. The number of allylic oxidation sites excluding steroid dienone is 4. The number of carbonyl (C=O) groups is 4. The standard InChI is InChI=1S/C30H42O7/c1-6-8-9-26(35)36-17-24(33)30(37-25(34)7-2)13-11-21-20-14-18(3)22-15-19(31)10-12-28(22,4)27(20)23(32)16-29(21,30)5/h10,12,15,18,20-21,23,27,32H,6-9,11,13-14,16-17H2,1-5H3/t18-,20-,21-,23-,27+,28-,29-,30-/m0/s1. The van der Waals surface area contributed by atoms with Crippen molar-refractivity contribution in [2.45, 2.75) is 97.7 Å². The Balaban J connectivity index is 1.68. The topological polar surface area (TPSA) is 107 Å². The number of ketones is 2. The van der Waals surface area contributed by atoms with Crippen molar-refractivity contribution in [2.75, 3.05) is 6.61 Å². The first-order valence-corrected chi connectivity index (χ1v) is 14.0. The predicted octanol–water partition coefficient (Wildman–Crippen LogP) is 4.51. The molecule has 0 spiro atoms. The van der Waals surface area contributed by atoms with Crippen molar-refractivity contribution in [3.8, 4) is 0 Å². The minimum absolute atomic E-state index is 0.0154. The Kier molecular flexibility index (Phi) is 7.59. The van der Waals surface area contributed by atoms with Gasteiger partial charge in [-0.15, -0.1) is 0 Å². The third-order valence-corrected chi connectivity index (χ3v) is 10.1. The van der Waals surface area contributed by atoms with E-state index < -0.39 is 46.9 Å². The van der Waals surface area contributed by atoms with Crippen LogP contribution in [0.2, 0.25) is 0 Å². The van der Waals surface area contributed by atoms with Gasteiger partial charge in [0, 0.05) is 29.6 Å². The molecule has 4 aliphatic carbocycles. The first-order chi connectivity index (χ1) is 17.4. The molecular weight excluding hydrogens is 472 g/mol. The summed E-state index contributed by atoms with van der Waals surface area (Å²) in [5, 5.41) is 11.7. The molecule has 0 radical (unpaired) electrons. The van der Waals surface area contributed by atoms with Gasteiger partial charge >= 0.3 is 11.9 Å². The monoisotopic (exact) mass is 514 g/mol. The Labute approximate surface area is 220 Å². The summed E-state index contributed by atoms with van der Waals surface area (Å²) in [4.78, 5) is 50.9. The van der Waals surface area contributed by atoms with Gasteiger partial charge in [0.1, 0.15) is 0 Å². The van der Waals surface area contributed by atoms with E-state index in [1.54, 1.807) is 19.1 Å². The molecule has 0 aromatic rings. The lowest BCUT2D eigenvalue weighted by Gasteiger charge is -2.61. The second kappa shape index (κ2) is 10.1. The number of unbranched alkanes of at least 4 members (excludes halogenated alkanes) is 1. The second-order valence-corrected chi connectivity index (χ2v) is 12.1. The lowest BCUT2D eigenvalue weighted by molar-refractivity contribution is -0.201. The van der Waals surface area contributed by atoms with Crippen molar-refractivity contribution in [1.29, 1.82) is 0 Å². The normalized spacial score (nSPS) is 40.2. The zero-order valence-corrected chi connectivity index (χ0v) is 22.9. The van der Waals surface area contributed by atoms with E-state index in [0.717, 1.165) is 18.4 Å². The summed E-state index contributed by atoms with van der Waals surface area (Å²) < 4.78 is 11.4. The Morgan fingerprint density at radius 3 is 2.57 bits per heavy atom. The Morgan fingerprint density at radius 1 is 1.16 bits per heavy atom. The van der Waals surface area contributed by atoms with Crippen LogP contribution < -0.4 is 0 Å². The minimum atomic E-state index is -1.44. The number of hydrogen-bond donors (Lipinski definition) is 1. The number of esters is 2. The van der Waals surface area contributed by atoms with Gasteiger partial charge in [-0.3, -0.25) is 19.2 Å². The first kappa shape index (κ1) is 27.7. The predicted molar refractivity (Wildman–Crippen MR) is 137 cm³/mol. The van der Waals surface area contributed by atoms with Gasteiger partial charge in [0.25, 0.3) is 0 Å². The van der Waals surface area contributed by atoms with E-state index in [0.29, 0.717) is 25.7 Å². The maximum Gasteiger partial charge on any atom is 0.306 e. The van der Waals surface area contributed by atoms with Crippen LogP contribution in [-0.4, -0.2) is 46.9 Å². The molecule has 3 fully saturated rings. The van der Waals surface area contributed by atoms with Crippen LogP contribution in [-0.2, 0) is 28.7 Å². The molecule has 1 N–H and O–H groups in total. The van der Waals surface area contributed by atoms with Crippen molar-refractivity contribution in [2.24, 2.45) is 34.5 Å². The fraction of sp³-hybridized carbons (Fsp3) is 0.733. The fourth-order valence-electron chi connectivity index (χ4n) is 8.34. The molecule has 0 aliphatic heterocycles. The van der Waals surface area contributed by atoms with Crippen LogP contribution in [0.3, 0.4) is 0 Å². The highest BCUT2D eigenvalue weighted by atomic mass is 16.6. The summed E-state index contributed by atoms with van der Waals surface area (Å²) in [6, 6.07) is 0. The fourth-order valence-corrected chi connectivity index (χ4v) is 8.34. The van der Waals surface area contributed by atoms with Gasteiger partial charge in [-0.1, -0.05) is 52.7 Å². The van der Waals surface area contributed by atoms with Gasteiger partial charge in [-0.05, 0) is 62.0 Å². The number of aliphatic hydroxyl groups is 1. The van der Waals surface area contributed by atoms with E-state index in [9.17, 15) is 24.3 Å². The van der Waals surface area contributed by atoms with E-state index in [4.69, 9.17) is 9.47 Å². The third-order valence-electron chi connectivity index (χ3n) is 10.1. The maximum absolute atomic E-state index is 13.8. The van der Waals surface area contributed by atoms with Gasteiger partial charge in [0.2, 0.25) is 5.78 Å². The van der Waals surface area contributed by atoms with Crippen LogP contribution in [0, 0.1) is 34.5 Å². The van der Waals surface area contributed by atoms with E-state index in [1.807, 2.05) is 19.9 Å². The molecule has 0 heterocycles. The molecule has 0 amide bonds. The van der Waals surface area contributed by atoms with Crippen LogP contribution in [0.1, 0.15) is 86.0 Å². The first-order valence-electron chi connectivity index (χ1n) is 14.0. The van der Waals surface area contributed by atoms with E-state index >= 15 is 0 Å². The Bertz CT molecular complexity index is 1030. The molecule has 0 aromatic carbocycles. The largest absolute Gasteiger partial charge is 0.457 e. The summed E-state index contributed by atoms with van der Waals surface area (Å²) in [5.41, 5.74) is -1.61. The zero-order valence-electron chi connectivity index (χ0n) is 22.9. The number of fused-ring (bicyclic) bond motifs is 5. The molecule has 204 valence electrons. The SMILES string of the molecule is CCCCC(=O)OCC(=O)[C@@]1(OC(=O)CC)CC[C@H]2[C@@H]3C[C@H](C)C4=CC(=O)C=C[C@]4(C)[C@H]3[C@@H](O)C[C@@]21C. The average molecular weight is 515 g/mol. The molecule has 0 aromatic heterocycles. The molecule has 0 bridgehead atoms. The molecule has 37 heavy (non-hydrogen) atoms. The summed E-state index contributed by atoms with van der Waals surface area (Å²) in [6.45, 7) is 9.46. The van der Waals surface area contributed by atoms with E-state index in [-0.39, 0.29) is 42.3 Å². The van der Waals surface area contributed by atoms with Gasteiger partial charge in [0.15, 0.2) is 18.0 Å². The lowest BCUT2D eigenvalue weighted by Crippen LogP contribution is -2.63. The van der Waals surface area contributed by atoms with E-state index in [1.165, 1.54) is 0 Å². The number of hydrogen-bond acceptors (Lipinski definition) is 7. The van der Waals surface area contributed by atoms with Crippen molar-refractivity contribution in [3.63, 3.8) is 0 Å². The molecule has 4 aliphatic rings. The molecule has 7 nitrogen and oxygen atoms in total. The van der Waals surface area contributed by atoms with Crippen LogP contribution in [0.25, 0.3) is 0 Å². The quantitative estimate of drug-likeness (QED) is 0.475. The zero-order chi connectivity index (χ0) is 27.2. The van der Waals surface area contributed by atoms with Crippen molar-refractivity contribution >= 4 is 23.5 Å². The van der Waals surface area contributed by atoms with Gasteiger partial charge in [0.05, 0.1) is 6.10 Å². The molecular formula is C30H42O7. The lowest BCUT2D eigenvalue weighted by atomic mass is 9.44. The molecule has 3 saturated carbocycles. The number of ether oxygens (including phenoxy) is 2. The van der Waals surface area contributed by atoms with Crippen LogP contribution in [0.15, 0.2) is 23.8 Å². The summed E-state index contributed by atoms with van der Waals surface area (Å²) in [6.07, 6.45) is 8.59. The van der Waals surface area contributed by atoms with Crippen LogP contribution in [0.4, 0.5) is 0 Å². The molecule has 0 unspecified atom stereocenters. The van der Waals surface area contributed by atoms with Gasteiger partial charge < -0.3 is 14.6 Å². The second-order valence-electron chi connectivity index (χ2n) is 12.1.